The van der Waals surface area contributed by atoms with E-state index < -0.39 is 0 Å². The summed E-state index contributed by atoms with van der Waals surface area (Å²) < 4.78 is 0. The third kappa shape index (κ3) is 5.45. The van der Waals surface area contributed by atoms with Crippen LogP contribution in [0.1, 0.15) is 39.8 Å². The fourth-order valence-corrected chi connectivity index (χ4v) is 1.54. The Labute approximate surface area is 111 Å². The van der Waals surface area contributed by atoms with E-state index in [1.807, 2.05) is 12.4 Å². The van der Waals surface area contributed by atoms with Crippen LogP contribution in [0.2, 0.25) is 0 Å². The summed E-state index contributed by atoms with van der Waals surface area (Å²) in [7, 11) is 2.08. The molecule has 0 unspecified atom stereocenters. The molecule has 4 heteroatoms. The van der Waals surface area contributed by atoms with E-state index in [1.54, 1.807) is 0 Å². The Morgan fingerprint density at radius 3 is 2.56 bits per heavy atom. The van der Waals surface area contributed by atoms with Gasteiger partial charge in [0, 0.05) is 32.4 Å². The molecule has 0 saturated carbocycles. The molecule has 0 aliphatic heterocycles. The maximum Gasteiger partial charge on any atom is 0.147 e. The van der Waals surface area contributed by atoms with Crippen molar-refractivity contribution in [1.29, 1.82) is 0 Å². The van der Waals surface area contributed by atoms with Crippen molar-refractivity contribution in [3.8, 4) is 0 Å². The van der Waals surface area contributed by atoms with Crippen LogP contribution in [0.4, 0.5) is 5.82 Å². The van der Waals surface area contributed by atoms with Gasteiger partial charge >= 0.3 is 0 Å². The minimum absolute atomic E-state index is 0.467. The van der Waals surface area contributed by atoms with Gasteiger partial charge in [-0.05, 0) is 12.3 Å². The van der Waals surface area contributed by atoms with Gasteiger partial charge in [-0.1, -0.05) is 27.7 Å². The molecule has 0 aliphatic rings. The SMILES string of the molecule is CC(C)CCN(C)c1cncc(CNC(C)C)n1. The zero-order valence-corrected chi connectivity index (χ0v) is 12.3. The summed E-state index contributed by atoms with van der Waals surface area (Å²) in [5, 5.41) is 3.36. The van der Waals surface area contributed by atoms with E-state index in [1.165, 1.54) is 6.42 Å². The number of hydrogen-bond acceptors (Lipinski definition) is 4. The summed E-state index contributed by atoms with van der Waals surface area (Å²) >= 11 is 0. The van der Waals surface area contributed by atoms with Gasteiger partial charge in [-0.2, -0.15) is 0 Å². The number of rotatable bonds is 7. The Morgan fingerprint density at radius 1 is 1.22 bits per heavy atom. The van der Waals surface area contributed by atoms with Crippen LogP contribution in [-0.2, 0) is 6.54 Å². The quantitative estimate of drug-likeness (QED) is 0.807. The zero-order valence-electron chi connectivity index (χ0n) is 12.3. The molecule has 1 N–H and O–H groups in total. The van der Waals surface area contributed by atoms with Crippen molar-refractivity contribution in [2.45, 2.75) is 46.7 Å². The largest absolute Gasteiger partial charge is 0.358 e. The molecule has 102 valence electrons. The van der Waals surface area contributed by atoms with Gasteiger partial charge in [0.05, 0.1) is 11.9 Å². The summed E-state index contributed by atoms with van der Waals surface area (Å²) in [5.41, 5.74) is 0.998. The third-order valence-corrected chi connectivity index (χ3v) is 2.80. The first-order valence-electron chi connectivity index (χ1n) is 6.74. The molecule has 1 aromatic rings. The van der Waals surface area contributed by atoms with Gasteiger partial charge in [0.2, 0.25) is 0 Å². The average molecular weight is 250 g/mol. The highest BCUT2D eigenvalue weighted by atomic mass is 15.2. The smallest absolute Gasteiger partial charge is 0.147 e. The molecular formula is C14H26N4. The Morgan fingerprint density at radius 2 is 1.94 bits per heavy atom. The van der Waals surface area contributed by atoms with Gasteiger partial charge in [0.15, 0.2) is 0 Å². The Bertz CT molecular complexity index is 349. The number of anilines is 1. The summed E-state index contributed by atoms with van der Waals surface area (Å²) in [5.74, 6) is 1.67. The molecule has 0 bridgehead atoms. The lowest BCUT2D eigenvalue weighted by molar-refractivity contribution is 0.574. The van der Waals surface area contributed by atoms with Crippen LogP contribution < -0.4 is 10.2 Å². The maximum atomic E-state index is 4.62. The molecule has 0 fully saturated rings. The van der Waals surface area contributed by atoms with E-state index in [-0.39, 0.29) is 0 Å². The fraction of sp³-hybridized carbons (Fsp3) is 0.714. The van der Waals surface area contributed by atoms with E-state index in [2.05, 4.69) is 54.9 Å². The molecule has 1 heterocycles. The lowest BCUT2D eigenvalue weighted by Gasteiger charge is -2.19. The highest BCUT2D eigenvalue weighted by Gasteiger charge is 2.05. The molecule has 1 aromatic heterocycles. The standard InChI is InChI=1S/C14H26N4/c1-11(2)6-7-18(5)14-10-15-8-13(17-14)9-16-12(3)4/h8,10-12,16H,6-7,9H2,1-5H3. The van der Waals surface area contributed by atoms with Crippen LogP contribution >= 0.6 is 0 Å². The normalized spacial score (nSPS) is 11.3. The Hall–Kier alpha value is -1.16. The molecule has 1 rings (SSSR count). The lowest BCUT2D eigenvalue weighted by Crippen LogP contribution is -2.24. The van der Waals surface area contributed by atoms with Crippen molar-refractivity contribution in [3.63, 3.8) is 0 Å². The molecule has 4 nitrogen and oxygen atoms in total. The van der Waals surface area contributed by atoms with Crippen LogP contribution in [0.3, 0.4) is 0 Å². The van der Waals surface area contributed by atoms with Gasteiger partial charge < -0.3 is 10.2 Å². The fourth-order valence-electron chi connectivity index (χ4n) is 1.54. The van der Waals surface area contributed by atoms with E-state index in [4.69, 9.17) is 0 Å². The summed E-state index contributed by atoms with van der Waals surface area (Å²) in [6, 6.07) is 0.467. The molecule has 18 heavy (non-hydrogen) atoms. The van der Waals surface area contributed by atoms with Gasteiger partial charge in [-0.25, -0.2) is 4.98 Å². The van der Waals surface area contributed by atoms with Crippen LogP contribution in [0, 0.1) is 5.92 Å². The minimum atomic E-state index is 0.467. The highest BCUT2D eigenvalue weighted by molar-refractivity contribution is 5.34. The van der Waals surface area contributed by atoms with Gasteiger partial charge in [-0.3, -0.25) is 4.98 Å². The van der Waals surface area contributed by atoms with Crippen LogP contribution in [0.15, 0.2) is 12.4 Å². The lowest BCUT2D eigenvalue weighted by atomic mass is 10.1. The maximum absolute atomic E-state index is 4.62. The monoisotopic (exact) mass is 250 g/mol. The van der Waals surface area contributed by atoms with Crippen molar-refractivity contribution >= 4 is 5.82 Å². The van der Waals surface area contributed by atoms with Crippen LogP contribution in [-0.4, -0.2) is 29.6 Å². The molecule has 0 amide bonds. The molecule has 0 aromatic carbocycles. The second kappa shape index (κ2) is 7.31. The van der Waals surface area contributed by atoms with Crippen LogP contribution in [0.5, 0.6) is 0 Å². The molecular weight excluding hydrogens is 224 g/mol. The van der Waals surface area contributed by atoms with E-state index >= 15 is 0 Å². The Kier molecular flexibility index (Phi) is 6.05. The van der Waals surface area contributed by atoms with Gasteiger partial charge in [0.1, 0.15) is 5.82 Å². The van der Waals surface area contributed by atoms with Crippen molar-refractivity contribution < 1.29 is 0 Å². The first-order chi connectivity index (χ1) is 8.49. The Balaban J connectivity index is 2.57. The van der Waals surface area contributed by atoms with E-state index in [9.17, 15) is 0 Å². The minimum Gasteiger partial charge on any atom is -0.358 e. The van der Waals surface area contributed by atoms with Crippen molar-refractivity contribution in [1.82, 2.24) is 15.3 Å². The summed E-state index contributed by atoms with van der Waals surface area (Å²) in [4.78, 5) is 11.1. The molecule has 0 radical (unpaired) electrons. The number of hydrogen-bond donors (Lipinski definition) is 1. The molecule has 0 atom stereocenters. The number of nitrogens with one attached hydrogen (secondary N) is 1. The summed E-state index contributed by atoms with van der Waals surface area (Å²) in [6.45, 7) is 10.5. The highest BCUT2D eigenvalue weighted by Crippen LogP contribution is 2.10. The number of aromatic nitrogens is 2. The average Bonchev–Trinajstić information content (AvgIpc) is 2.33. The van der Waals surface area contributed by atoms with E-state index in [0.717, 1.165) is 24.6 Å². The predicted molar refractivity (Wildman–Crippen MR) is 76.7 cm³/mol. The molecule has 0 saturated heterocycles. The van der Waals surface area contributed by atoms with Crippen molar-refractivity contribution in [3.05, 3.63) is 18.1 Å². The van der Waals surface area contributed by atoms with Crippen molar-refractivity contribution in [2.75, 3.05) is 18.5 Å². The van der Waals surface area contributed by atoms with E-state index in [0.29, 0.717) is 12.0 Å². The molecule has 0 spiro atoms. The molecule has 0 aliphatic carbocycles. The second-order valence-corrected chi connectivity index (χ2v) is 5.51. The number of nitrogens with zero attached hydrogens (tertiary/aromatic N) is 3. The zero-order chi connectivity index (χ0) is 13.5. The topological polar surface area (TPSA) is 41.1 Å². The van der Waals surface area contributed by atoms with Crippen LogP contribution in [0.25, 0.3) is 0 Å². The van der Waals surface area contributed by atoms with Gasteiger partial charge in [-0.15, -0.1) is 0 Å². The van der Waals surface area contributed by atoms with Crippen molar-refractivity contribution in [2.24, 2.45) is 5.92 Å². The first kappa shape index (κ1) is 14.9. The van der Waals surface area contributed by atoms with Gasteiger partial charge in [0.25, 0.3) is 0 Å². The summed E-state index contributed by atoms with van der Waals surface area (Å²) in [6.07, 6.45) is 4.83. The second-order valence-electron chi connectivity index (χ2n) is 5.51. The predicted octanol–water partition coefficient (Wildman–Crippen LogP) is 2.46. The third-order valence-electron chi connectivity index (χ3n) is 2.80. The first-order valence-corrected chi connectivity index (χ1v) is 6.74.